The maximum atomic E-state index is 10.7. The fraction of sp³-hybridized carbons (Fsp3) is 0.417. The van der Waals surface area contributed by atoms with Crippen molar-refractivity contribution >= 4 is 5.91 Å². The first-order valence-electron chi connectivity index (χ1n) is 5.41. The quantitative estimate of drug-likeness (QED) is 0.589. The van der Waals surface area contributed by atoms with Gasteiger partial charge in [0, 0.05) is 6.54 Å². The molecule has 16 heavy (non-hydrogen) atoms. The van der Waals surface area contributed by atoms with E-state index in [0.29, 0.717) is 6.54 Å². The van der Waals surface area contributed by atoms with Crippen LogP contribution in [0.2, 0.25) is 0 Å². The number of carbonyl (C=O) groups is 1. The molecular formula is C12H19N3O. The number of primary amides is 1. The van der Waals surface area contributed by atoms with E-state index in [0.717, 1.165) is 13.0 Å². The van der Waals surface area contributed by atoms with Crippen molar-refractivity contribution in [2.45, 2.75) is 19.4 Å². The Bertz CT molecular complexity index is 352. The fourth-order valence-electron chi connectivity index (χ4n) is 1.47. The molecule has 0 aliphatic heterocycles. The molecule has 0 radical (unpaired) electrons. The van der Waals surface area contributed by atoms with Crippen molar-refractivity contribution < 1.29 is 4.79 Å². The molecule has 1 aromatic carbocycles. The summed E-state index contributed by atoms with van der Waals surface area (Å²) < 4.78 is 0. The third kappa shape index (κ3) is 4.00. The number of hydrogen-bond donors (Lipinski definition) is 3. The van der Waals surface area contributed by atoms with Gasteiger partial charge < -0.3 is 16.8 Å². The average Bonchev–Trinajstić information content (AvgIpc) is 2.26. The Labute approximate surface area is 96.0 Å². The van der Waals surface area contributed by atoms with Crippen LogP contribution in [0.5, 0.6) is 0 Å². The maximum Gasteiger partial charge on any atom is 0.235 e. The molecule has 1 unspecified atom stereocenters. The molecule has 0 saturated carbocycles. The number of benzene rings is 1. The monoisotopic (exact) mass is 221 g/mol. The number of amides is 1. The zero-order valence-corrected chi connectivity index (χ0v) is 9.57. The van der Waals surface area contributed by atoms with Crippen molar-refractivity contribution in [1.82, 2.24) is 5.32 Å². The van der Waals surface area contributed by atoms with Gasteiger partial charge >= 0.3 is 0 Å². The summed E-state index contributed by atoms with van der Waals surface area (Å²) in [5.74, 6) is -0.469. The van der Waals surface area contributed by atoms with Crippen molar-refractivity contribution in [2.24, 2.45) is 11.5 Å². The van der Waals surface area contributed by atoms with Gasteiger partial charge in [-0.15, -0.1) is 0 Å². The lowest BCUT2D eigenvalue weighted by atomic mass is 10.1. The average molecular weight is 221 g/mol. The van der Waals surface area contributed by atoms with E-state index < -0.39 is 11.9 Å². The first-order valence-corrected chi connectivity index (χ1v) is 5.41. The van der Waals surface area contributed by atoms with Gasteiger partial charge in [-0.25, -0.2) is 0 Å². The largest absolute Gasteiger partial charge is 0.368 e. The van der Waals surface area contributed by atoms with Crippen LogP contribution in [0, 0.1) is 6.92 Å². The highest BCUT2D eigenvalue weighted by Gasteiger charge is 2.07. The zero-order valence-electron chi connectivity index (χ0n) is 9.57. The van der Waals surface area contributed by atoms with E-state index >= 15 is 0 Å². The minimum atomic E-state index is -0.600. The molecule has 0 fully saturated rings. The van der Waals surface area contributed by atoms with Crippen LogP contribution in [0.3, 0.4) is 0 Å². The van der Waals surface area contributed by atoms with E-state index in [-0.39, 0.29) is 0 Å². The normalized spacial score (nSPS) is 12.4. The molecule has 0 bridgehead atoms. The Kier molecular flexibility index (Phi) is 4.95. The third-order valence-corrected chi connectivity index (χ3v) is 2.56. The van der Waals surface area contributed by atoms with Crippen molar-refractivity contribution in [3.05, 3.63) is 35.4 Å². The zero-order chi connectivity index (χ0) is 12.0. The van der Waals surface area contributed by atoms with Gasteiger partial charge in [0.05, 0.1) is 6.04 Å². The minimum Gasteiger partial charge on any atom is -0.368 e. The summed E-state index contributed by atoms with van der Waals surface area (Å²) in [6.45, 7) is 3.32. The maximum absolute atomic E-state index is 10.7. The lowest BCUT2D eigenvalue weighted by Gasteiger charge is -2.10. The summed E-state index contributed by atoms with van der Waals surface area (Å²) in [6.07, 6.45) is 0.929. The molecule has 1 atom stereocenters. The van der Waals surface area contributed by atoms with Gasteiger partial charge in [0.15, 0.2) is 0 Å². The number of carbonyl (C=O) groups excluding carboxylic acids is 1. The summed E-state index contributed by atoms with van der Waals surface area (Å²) in [6, 6.07) is 7.64. The van der Waals surface area contributed by atoms with Gasteiger partial charge in [-0.05, 0) is 31.0 Å². The van der Waals surface area contributed by atoms with E-state index in [1.54, 1.807) is 0 Å². The molecule has 1 amide bonds. The standard InChI is InChI=1S/C12H19N3O/c1-9-4-2-3-5-10(9)6-7-15-8-11(13)12(14)16/h2-5,11,15H,6-8,13H2,1H3,(H2,14,16). The van der Waals surface area contributed by atoms with E-state index in [9.17, 15) is 4.79 Å². The third-order valence-electron chi connectivity index (χ3n) is 2.56. The number of nitrogens with two attached hydrogens (primary N) is 2. The first kappa shape index (κ1) is 12.7. The van der Waals surface area contributed by atoms with Crippen LogP contribution < -0.4 is 16.8 Å². The first-order chi connectivity index (χ1) is 7.61. The predicted octanol–water partition coefficient (Wildman–Crippen LogP) is -0.0603. The second-order valence-electron chi connectivity index (χ2n) is 3.89. The summed E-state index contributed by atoms with van der Waals surface area (Å²) >= 11 is 0. The molecule has 0 saturated heterocycles. The predicted molar refractivity (Wildman–Crippen MR) is 64.9 cm³/mol. The number of nitrogens with one attached hydrogen (secondary N) is 1. The van der Waals surface area contributed by atoms with E-state index in [2.05, 4.69) is 24.4 Å². The fourth-order valence-corrected chi connectivity index (χ4v) is 1.47. The van der Waals surface area contributed by atoms with Crippen molar-refractivity contribution in [3.8, 4) is 0 Å². The second-order valence-corrected chi connectivity index (χ2v) is 3.89. The van der Waals surface area contributed by atoms with Crippen LogP contribution in [0.15, 0.2) is 24.3 Å². The summed E-state index contributed by atoms with van der Waals surface area (Å²) in [7, 11) is 0. The Morgan fingerprint density at radius 2 is 2.12 bits per heavy atom. The molecule has 5 N–H and O–H groups in total. The molecule has 0 spiro atoms. The highest BCUT2D eigenvalue weighted by Crippen LogP contribution is 2.06. The molecule has 4 heteroatoms. The molecule has 1 rings (SSSR count). The Morgan fingerprint density at radius 1 is 1.44 bits per heavy atom. The molecule has 0 aliphatic rings. The van der Waals surface area contributed by atoms with Crippen LogP contribution in [0.1, 0.15) is 11.1 Å². The van der Waals surface area contributed by atoms with Gasteiger partial charge in [0.2, 0.25) is 5.91 Å². The van der Waals surface area contributed by atoms with Crippen molar-refractivity contribution in [3.63, 3.8) is 0 Å². The van der Waals surface area contributed by atoms with Crippen LogP contribution in [0.25, 0.3) is 0 Å². The minimum absolute atomic E-state index is 0.432. The molecule has 0 heterocycles. The number of rotatable bonds is 6. The summed E-state index contributed by atoms with van der Waals surface area (Å²) in [5.41, 5.74) is 13.1. The molecule has 0 aliphatic carbocycles. The van der Waals surface area contributed by atoms with Gasteiger partial charge in [0.25, 0.3) is 0 Å². The Morgan fingerprint density at radius 3 is 2.75 bits per heavy atom. The van der Waals surface area contributed by atoms with Crippen molar-refractivity contribution in [2.75, 3.05) is 13.1 Å². The van der Waals surface area contributed by atoms with Gasteiger partial charge in [0.1, 0.15) is 0 Å². The van der Waals surface area contributed by atoms with Crippen molar-refractivity contribution in [1.29, 1.82) is 0 Å². The lowest BCUT2D eigenvalue weighted by molar-refractivity contribution is -0.119. The SMILES string of the molecule is Cc1ccccc1CCNCC(N)C(N)=O. The van der Waals surface area contributed by atoms with E-state index in [1.165, 1.54) is 11.1 Å². The van der Waals surface area contributed by atoms with Gasteiger partial charge in [-0.2, -0.15) is 0 Å². The molecule has 1 aromatic rings. The Hall–Kier alpha value is -1.39. The topological polar surface area (TPSA) is 81.1 Å². The Balaban J connectivity index is 2.26. The highest BCUT2D eigenvalue weighted by molar-refractivity contribution is 5.79. The van der Waals surface area contributed by atoms with E-state index in [4.69, 9.17) is 11.5 Å². The molecule has 88 valence electrons. The van der Waals surface area contributed by atoms with Crippen LogP contribution >= 0.6 is 0 Å². The molecular weight excluding hydrogens is 202 g/mol. The van der Waals surface area contributed by atoms with Gasteiger partial charge in [-0.3, -0.25) is 4.79 Å². The second kappa shape index (κ2) is 6.25. The summed E-state index contributed by atoms with van der Waals surface area (Å²) in [4.78, 5) is 10.7. The summed E-state index contributed by atoms with van der Waals surface area (Å²) in [5, 5.41) is 3.12. The van der Waals surface area contributed by atoms with Crippen LogP contribution in [-0.4, -0.2) is 25.0 Å². The van der Waals surface area contributed by atoms with Crippen LogP contribution in [0.4, 0.5) is 0 Å². The highest BCUT2D eigenvalue weighted by atomic mass is 16.1. The lowest BCUT2D eigenvalue weighted by Crippen LogP contribution is -2.44. The van der Waals surface area contributed by atoms with Gasteiger partial charge in [-0.1, -0.05) is 24.3 Å². The molecule has 4 nitrogen and oxygen atoms in total. The van der Waals surface area contributed by atoms with Crippen LogP contribution in [-0.2, 0) is 11.2 Å². The van der Waals surface area contributed by atoms with E-state index in [1.807, 2.05) is 12.1 Å². The number of aryl methyl sites for hydroxylation is 1. The molecule has 0 aromatic heterocycles. The smallest absolute Gasteiger partial charge is 0.235 e. The number of hydrogen-bond acceptors (Lipinski definition) is 3.